The summed E-state index contributed by atoms with van der Waals surface area (Å²) in [7, 11) is -0.988. The van der Waals surface area contributed by atoms with Gasteiger partial charge in [-0.15, -0.1) is 17.4 Å². The summed E-state index contributed by atoms with van der Waals surface area (Å²) in [5.41, 5.74) is 5.20. The summed E-state index contributed by atoms with van der Waals surface area (Å²) in [6, 6.07) is 10.2. The van der Waals surface area contributed by atoms with Crippen LogP contribution in [0.2, 0.25) is 12.1 Å². The van der Waals surface area contributed by atoms with Crippen molar-refractivity contribution < 1.29 is 0 Å². The SMILES string of the molecule is C[SiH](C#Cc1ccccc1)C1C#CCCC1. The standard InChI is InChI=1S/C15H16Si/c1-16(15-10-6-3-7-11-15)13-12-14-8-4-2-5-9-14/h2,4-5,8-9,15-16H,3,6,10H2,1H3. The molecular formula is C15H16Si. The first-order valence-corrected chi connectivity index (χ1v) is 8.31. The molecule has 0 aromatic heterocycles. The quantitative estimate of drug-likeness (QED) is 0.508. The molecule has 16 heavy (non-hydrogen) atoms. The second kappa shape index (κ2) is 5.59. The van der Waals surface area contributed by atoms with E-state index in [0.29, 0.717) is 5.54 Å². The summed E-state index contributed by atoms with van der Waals surface area (Å²) in [4.78, 5) is 0. The highest BCUT2D eigenvalue weighted by atomic mass is 28.3. The van der Waals surface area contributed by atoms with Gasteiger partial charge in [0.1, 0.15) is 8.80 Å². The van der Waals surface area contributed by atoms with Gasteiger partial charge in [0.05, 0.1) is 0 Å². The molecule has 1 aliphatic carbocycles. The topological polar surface area (TPSA) is 0 Å². The predicted octanol–water partition coefficient (Wildman–Crippen LogP) is 2.99. The molecule has 1 aliphatic rings. The molecule has 0 radical (unpaired) electrons. The van der Waals surface area contributed by atoms with Crippen LogP contribution < -0.4 is 0 Å². The zero-order chi connectivity index (χ0) is 11.2. The van der Waals surface area contributed by atoms with E-state index in [1.54, 1.807) is 0 Å². The van der Waals surface area contributed by atoms with E-state index < -0.39 is 8.80 Å². The summed E-state index contributed by atoms with van der Waals surface area (Å²) in [6.45, 7) is 2.32. The van der Waals surface area contributed by atoms with Crippen molar-refractivity contribution in [3.05, 3.63) is 35.9 Å². The second-order valence-corrected chi connectivity index (χ2v) is 6.91. The molecule has 0 spiro atoms. The minimum atomic E-state index is -0.988. The van der Waals surface area contributed by atoms with Gasteiger partial charge in [0, 0.05) is 17.5 Å². The molecule has 2 atom stereocenters. The average molecular weight is 224 g/mol. The first kappa shape index (κ1) is 11.1. The highest BCUT2D eigenvalue weighted by Gasteiger charge is 2.15. The van der Waals surface area contributed by atoms with Crippen LogP contribution in [0.1, 0.15) is 24.8 Å². The summed E-state index contributed by atoms with van der Waals surface area (Å²) in [6.07, 6.45) is 3.62. The molecule has 1 aromatic rings. The monoisotopic (exact) mass is 224 g/mol. The van der Waals surface area contributed by atoms with Gasteiger partial charge in [-0.2, -0.15) is 0 Å². The van der Waals surface area contributed by atoms with Crippen LogP contribution in [-0.4, -0.2) is 8.80 Å². The molecule has 0 saturated heterocycles. The Morgan fingerprint density at radius 2 is 2.12 bits per heavy atom. The molecule has 0 heterocycles. The van der Waals surface area contributed by atoms with E-state index in [4.69, 9.17) is 0 Å². The van der Waals surface area contributed by atoms with E-state index in [-0.39, 0.29) is 0 Å². The Labute approximate surface area is 99.7 Å². The van der Waals surface area contributed by atoms with Crippen molar-refractivity contribution in [3.63, 3.8) is 0 Å². The number of benzene rings is 1. The molecule has 1 heteroatoms. The zero-order valence-electron chi connectivity index (χ0n) is 9.66. The molecule has 0 N–H and O–H groups in total. The Kier molecular flexibility index (Phi) is 3.86. The third-order valence-electron chi connectivity index (χ3n) is 2.93. The molecule has 2 rings (SSSR count). The Hall–Kier alpha value is -1.44. The van der Waals surface area contributed by atoms with Crippen molar-refractivity contribution in [1.29, 1.82) is 0 Å². The molecule has 0 nitrogen and oxygen atoms in total. The van der Waals surface area contributed by atoms with Gasteiger partial charge in [-0.3, -0.25) is 0 Å². The minimum Gasteiger partial charge on any atom is -0.129 e. The van der Waals surface area contributed by atoms with Crippen LogP contribution in [-0.2, 0) is 0 Å². The molecule has 0 bridgehead atoms. The lowest BCUT2D eigenvalue weighted by Crippen LogP contribution is -2.15. The van der Waals surface area contributed by atoms with E-state index in [1.807, 2.05) is 18.2 Å². The van der Waals surface area contributed by atoms with Crippen molar-refractivity contribution in [2.75, 3.05) is 0 Å². The van der Waals surface area contributed by atoms with Crippen LogP contribution in [0.4, 0.5) is 0 Å². The maximum atomic E-state index is 3.46. The normalized spacial score (nSPS) is 19.9. The van der Waals surface area contributed by atoms with Gasteiger partial charge in [0.15, 0.2) is 0 Å². The number of hydrogen-bond acceptors (Lipinski definition) is 0. The number of hydrogen-bond donors (Lipinski definition) is 0. The first-order chi connectivity index (χ1) is 7.86. The molecule has 0 saturated carbocycles. The van der Waals surface area contributed by atoms with Crippen molar-refractivity contribution >= 4 is 8.80 Å². The summed E-state index contributed by atoms with van der Waals surface area (Å²) in [5.74, 6) is 9.88. The second-order valence-electron chi connectivity index (χ2n) is 4.24. The van der Waals surface area contributed by atoms with Gasteiger partial charge in [-0.1, -0.05) is 30.7 Å². The first-order valence-electron chi connectivity index (χ1n) is 5.91. The largest absolute Gasteiger partial charge is 0.135 e. The van der Waals surface area contributed by atoms with Crippen molar-refractivity contribution in [1.82, 2.24) is 0 Å². The van der Waals surface area contributed by atoms with Crippen LogP contribution in [0.25, 0.3) is 0 Å². The molecule has 2 unspecified atom stereocenters. The molecule has 1 aromatic carbocycles. The maximum absolute atomic E-state index is 3.46. The van der Waals surface area contributed by atoms with Gasteiger partial charge in [0.25, 0.3) is 0 Å². The lowest BCUT2D eigenvalue weighted by atomic mass is 10.1. The lowest BCUT2D eigenvalue weighted by Gasteiger charge is -2.14. The van der Waals surface area contributed by atoms with Gasteiger partial charge in [-0.25, -0.2) is 0 Å². The Balaban J connectivity index is 2.03. The van der Waals surface area contributed by atoms with E-state index in [0.717, 1.165) is 12.0 Å². The third-order valence-corrected chi connectivity index (χ3v) is 5.23. The van der Waals surface area contributed by atoms with Crippen molar-refractivity contribution in [3.8, 4) is 23.3 Å². The Morgan fingerprint density at radius 3 is 2.81 bits per heavy atom. The van der Waals surface area contributed by atoms with Crippen LogP contribution in [0.5, 0.6) is 0 Å². The van der Waals surface area contributed by atoms with Crippen molar-refractivity contribution in [2.24, 2.45) is 0 Å². The summed E-state index contributed by atoms with van der Waals surface area (Å²) >= 11 is 0. The van der Waals surface area contributed by atoms with Crippen LogP contribution in [0.15, 0.2) is 30.3 Å². The van der Waals surface area contributed by atoms with Gasteiger partial charge < -0.3 is 0 Å². The Morgan fingerprint density at radius 1 is 1.31 bits per heavy atom. The van der Waals surface area contributed by atoms with Crippen LogP contribution in [0.3, 0.4) is 0 Å². The van der Waals surface area contributed by atoms with Gasteiger partial charge >= 0.3 is 0 Å². The average Bonchev–Trinajstić information content (AvgIpc) is 2.38. The fourth-order valence-electron chi connectivity index (χ4n) is 1.88. The smallest absolute Gasteiger partial charge is 0.129 e. The van der Waals surface area contributed by atoms with E-state index in [2.05, 4.69) is 42.0 Å². The summed E-state index contributed by atoms with van der Waals surface area (Å²) in [5, 5.41) is 0. The fourth-order valence-corrected chi connectivity index (χ4v) is 3.58. The van der Waals surface area contributed by atoms with Gasteiger partial charge in [-0.05, 0) is 25.0 Å². The predicted molar refractivity (Wildman–Crippen MR) is 71.7 cm³/mol. The highest BCUT2D eigenvalue weighted by molar-refractivity contribution is 6.68. The molecular weight excluding hydrogens is 208 g/mol. The van der Waals surface area contributed by atoms with Gasteiger partial charge in [0.2, 0.25) is 0 Å². The highest BCUT2D eigenvalue weighted by Crippen LogP contribution is 2.20. The van der Waals surface area contributed by atoms with E-state index in [1.165, 1.54) is 12.8 Å². The summed E-state index contributed by atoms with van der Waals surface area (Å²) < 4.78 is 0. The molecule has 80 valence electrons. The van der Waals surface area contributed by atoms with Crippen LogP contribution >= 0.6 is 0 Å². The fraction of sp³-hybridized carbons (Fsp3) is 0.333. The van der Waals surface area contributed by atoms with E-state index in [9.17, 15) is 0 Å². The number of rotatable bonds is 1. The molecule has 0 aliphatic heterocycles. The minimum absolute atomic E-state index is 0.616. The maximum Gasteiger partial charge on any atom is 0.135 e. The lowest BCUT2D eigenvalue weighted by molar-refractivity contribution is 0.754. The third kappa shape index (κ3) is 3.02. The van der Waals surface area contributed by atoms with E-state index >= 15 is 0 Å². The van der Waals surface area contributed by atoms with Crippen LogP contribution in [0, 0.1) is 23.3 Å². The van der Waals surface area contributed by atoms with Crippen molar-refractivity contribution in [2.45, 2.75) is 31.4 Å². The Bertz CT molecular complexity index is 453. The molecule has 0 fully saturated rings. The molecule has 0 amide bonds. The zero-order valence-corrected chi connectivity index (χ0v) is 10.8.